The molecule has 0 aliphatic carbocycles. The van der Waals surface area contributed by atoms with Gasteiger partial charge in [0.2, 0.25) is 0 Å². The quantitative estimate of drug-likeness (QED) is 0.179. The van der Waals surface area contributed by atoms with E-state index in [0.717, 1.165) is 29.3 Å². The first kappa shape index (κ1) is 25.5. The number of carbonyl (C=O) groups is 2. The largest absolute Gasteiger partial charge is 0.462 e. The highest BCUT2D eigenvalue weighted by Gasteiger charge is 2.16. The average molecular weight is 464 g/mol. The topological polar surface area (TPSA) is 57.5 Å². The van der Waals surface area contributed by atoms with Crippen LogP contribution in [0.3, 0.4) is 0 Å². The number of carbonyl (C=O) groups excluding carboxylic acids is 2. The molecule has 5 heteroatoms. The molecule has 0 spiro atoms. The van der Waals surface area contributed by atoms with Gasteiger partial charge >= 0.3 is 11.9 Å². The lowest BCUT2D eigenvalue weighted by molar-refractivity contribution is -0.145. The Kier molecular flexibility index (Phi) is 10.7. The van der Waals surface area contributed by atoms with Gasteiger partial charge in [-0.05, 0) is 24.5 Å². The molecular weight excluding hydrogens is 426 g/mol. The number of hydrogen-bond donors (Lipinski definition) is 0. The number of nitrogens with zero attached hydrogens (tertiary/aromatic N) is 1. The second kappa shape index (κ2) is 14.2. The minimum absolute atomic E-state index is 0.213. The van der Waals surface area contributed by atoms with Crippen molar-refractivity contribution in [1.82, 2.24) is 4.57 Å². The predicted octanol–water partition coefficient (Wildman–Crippen LogP) is 7.07. The van der Waals surface area contributed by atoms with Crippen molar-refractivity contribution in [2.75, 3.05) is 6.61 Å². The van der Waals surface area contributed by atoms with Crippen LogP contribution in [-0.2, 0) is 27.4 Å². The minimum atomic E-state index is -0.275. The molecule has 34 heavy (non-hydrogen) atoms. The van der Waals surface area contributed by atoms with Gasteiger partial charge in [0, 0.05) is 30.1 Å². The fraction of sp³-hybridized carbons (Fsp3) is 0.448. The smallest absolute Gasteiger partial charge is 0.340 e. The number of para-hydroxylation sites is 1. The lowest BCUT2D eigenvalue weighted by atomic mass is 10.1. The Morgan fingerprint density at radius 3 is 2.29 bits per heavy atom. The van der Waals surface area contributed by atoms with Gasteiger partial charge in [0.25, 0.3) is 0 Å². The molecule has 0 atom stereocenters. The van der Waals surface area contributed by atoms with Gasteiger partial charge in [-0.25, -0.2) is 4.79 Å². The Morgan fingerprint density at radius 2 is 1.50 bits per heavy atom. The molecule has 0 saturated carbocycles. The van der Waals surface area contributed by atoms with E-state index in [1.54, 1.807) is 0 Å². The van der Waals surface area contributed by atoms with E-state index in [2.05, 4.69) is 6.92 Å². The van der Waals surface area contributed by atoms with E-state index in [-0.39, 0.29) is 11.9 Å². The van der Waals surface area contributed by atoms with Crippen molar-refractivity contribution in [3.05, 3.63) is 71.9 Å². The van der Waals surface area contributed by atoms with E-state index in [1.807, 2.05) is 65.4 Å². The summed E-state index contributed by atoms with van der Waals surface area (Å²) in [6.45, 7) is 3.60. The van der Waals surface area contributed by atoms with Crippen molar-refractivity contribution in [3.63, 3.8) is 0 Å². The summed E-state index contributed by atoms with van der Waals surface area (Å²) >= 11 is 0. The average Bonchev–Trinajstić information content (AvgIpc) is 3.24. The third-order valence-electron chi connectivity index (χ3n) is 6.01. The first-order valence-corrected chi connectivity index (χ1v) is 12.6. The molecule has 0 radical (unpaired) electrons. The predicted molar refractivity (Wildman–Crippen MR) is 136 cm³/mol. The normalized spacial score (nSPS) is 11.0. The zero-order valence-corrected chi connectivity index (χ0v) is 20.3. The third kappa shape index (κ3) is 8.05. The Morgan fingerprint density at radius 1 is 0.794 bits per heavy atom. The number of ether oxygens (including phenoxy) is 2. The molecule has 0 N–H and O–H groups in total. The number of rotatable bonds is 15. The summed E-state index contributed by atoms with van der Waals surface area (Å²) in [5.41, 5.74) is 2.54. The number of unbranched alkanes of at least 4 members (excludes halogenated alkanes) is 6. The van der Waals surface area contributed by atoms with Gasteiger partial charge < -0.3 is 14.0 Å². The molecule has 182 valence electrons. The summed E-state index contributed by atoms with van der Waals surface area (Å²) in [6.07, 6.45) is 11.1. The molecule has 0 aliphatic heterocycles. The summed E-state index contributed by atoms with van der Waals surface area (Å²) in [5.74, 6) is -0.488. The van der Waals surface area contributed by atoms with Crippen LogP contribution in [0.4, 0.5) is 0 Å². The van der Waals surface area contributed by atoms with E-state index in [9.17, 15) is 9.59 Å². The standard InChI is InChI=1S/C29H37NO4/c1-2-3-4-5-6-7-13-21-33-29(32)26-22-30(27-18-12-11-17-25(26)27)20-14-19-28(31)34-23-24-15-9-8-10-16-24/h8-12,15-18,22H,2-7,13-14,19-21,23H2,1H3. The van der Waals surface area contributed by atoms with Crippen LogP contribution in [0.1, 0.15) is 80.6 Å². The number of benzene rings is 2. The third-order valence-corrected chi connectivity index (χ3v) is 6.01. The monoisotopic (exact) mass is 463 g/mol. The van der Waals surface area contributed by atoms with Crippen LogP contribution < -0.4 is 0 Å². The summed E-state index contributed by atoms with van der Waals surface area (Å²) in [6, 6.07) is 17.5. The van der Waals surface area contributed by atoms with E-state index >= 15 is 0 Å². The second-order valence-corrected chi connectivity index (χ2v) is 8.76. The molecule has 0 fully saturated rings. The van der Waals surface area contributed by atoms with Crippen LogP contribution in [0.5, 0.6) is 0 Å². The molecule has 5 nitrogen and oxygen atoms in total. The summed E-state index contributed by atoms with van der Waals surface area (Å²) < 4.78 is 13.0. The van der Waals surface area contributed by atoms with Gasteiger partial charge in [0.15, 0.2) is 0 Å². The van der Waals surface area contributed by atoms with Crippen LogP contribution in [-0.4, -0.2) is 23.1 Å². The minimum Gasteiger partial charge on any atom is -0.462 e. The van der Waals surface area contributed by atoms with Crippen LogP contribution in [0, 0.1) is 0 Å². The van der Waals surface area contributed by atoms with Gasteiger partial charge in [-0.3, -0.25) is 4.79 Å². The van der Waals surface area contributed by atoms with E-state index < -0.39 is 0 Å². The van der Waals surface area contributed by atoms with Gasteiger partial charge in [0.05, 0.1) is 12.2 Å². The maximum absolute atomic E-state index is 12.7. The van der Waals surface area contributed by atoms with Crippen molar-refractivity contribution < 1.29 is 19.1 Å². The Hall–Kier alpha value is -3.08. The number of fused-ring (bicyclic) bond motifs is 1. The summed E-state index contributed by atoms with van der Waals surface area (Å²) in [4.78, 5) is 24.9. The molecule has 0 unspecified atom stereocenters. The van der Waals surface area contributed by atoms with Crippen molar-refractivity contribution in [2.45, 2.75) is 77.9 Å². The molecule has 0 aliphatic rings. The molecule has 1 aromatic heterocycles. The number of esters is 2. The van der Waals surface area contributed by atoms with Crippen LogP contribution >= 0.6 is 0 Å². The SMILES string of the molecule is CCCCCCCCCOC(=O)c1cn(CCCC(=O)OCc2ccccc2)c2ccccc12. The highest BCUT2D eigenvalue weighted by atomic mass is 16.5. The maximum atomic E-state index is 12.7. The zero-order chi connectivity index (χ0) is 24.0. The lowest BCUT2D eigenvalue weighted by Crippen LogP contribution is -2.07. The van der Waals surface area contributed by atoms with Gasteiger partial charge in [-0.15, -0.1) is 0 Å². The first-order valence-electron chi connectivity index (χ1n) is 12.6. The van der Waals surface area contributed by atoms with Crippen molar-refractivity contribution in [3.8, 4) is 0 Å². The Labute approximate surface area is 203 Å². The number of hydrogen-bond acceptors (Lipinski definition) is 4. The zero-order valence-electron chi connectivity index (χ0n) is 20.3. The Balaban J connectivity index is 1.46. The molecule has 3 rings (SSSR count). The van der Waals surface area contributed by atoms with Crippen molar-refractivity contribution >= 4 is 22.8 Å². The Bertz CT molecular complexity index is 1030. The molecule has 0 bridgehead atoms. The molecule has 1 heterocycles. The first-order chi connectivity index (χ1) is 16.7. The highest BCUT2D eigenvalue weighted by Crippen LogP contribution is 2.23. The van der Waals surface area contributed by atoms with Gasteiger partial charge in [-0.2, -0.15) is 0 Å². The molecular formula is C29H37NO4. The molecule has 0 saturated heterocycles. The summed E-state index contributed by atoms with van der Waals surface area (Å²) in [5, 5.41) is 0.888. The van der Waals surface area contributed by atoms with Crippen LogP contribution in [0.25, 0.3) is 10.9 Å². The van der Waals surface area contributed by atoms with Crippen molar-refractivity contribution in [2.24, 2.45) is 0 Å². The number of aryl methyl sites for hydroxylation is 1. The van der Waals surface area contributed by atoms with Crippen LogP contribution in [0.15, 0.2) is 60.8 Å². The van der Waals surface area contributed by atoms with E-state index in [4.69, 9.17) is 9.47 Å². The van der Waals surface area contributed by atoms with E-state index in [0.29, 0.717) is 38.2 Å². The van der Waals surface area contributed by atoms with Crippen molar-refractivity contribution in [1.29, 1.82) is 0 Å². The highest BCUT2D eigenvalue weighted by molar-refractivity contribution is 6.04. The molecule has 2 aromatic carbocycles. The van der Waals surface area contributed by atoms with Gasteiger partial charge in [0.1, 0.15) is 6.61 Å². The van der Waals surface area contributed by atoms with Gasteiger partial charge in [-0.1, -0.05) is 94.0 Å². The molecule has 3 aromatic rings. The maximum Gasteiger partial charge on any atom is 0.340 e. The van der Waals surface area contributed by atoms with Crippen LogP contribution in [0.2, 0.25) is 0 Å². The molecule has 0 amide bonds. The second-order valence-electron chi connectivity index (χ2n) is 8.76. The summed E-state index contributed by atoms with van der Waals surface area (Å²) in [7, 11) is 0. The number of aromatic nitrogens is 1. The van der Waals surface area contributed by atoms with E-state index in [1.165, 1.54) is 32.1 Å². The fourth-order valence-corrected chi connectivity index (χ4v) is 4.10. The fourth-order valence-electron chi connectivity index (χ4n) is 4.10. The lowest BCUT2D eigenvalue weighted by Gasteiger charge is -2.07.